The number of nitrogens with one attached hydrogen (secondary N) is 1. The third kappa shape index (κ3) is 7.96. The van der Waals surface area contributed by atoms with E-state index in [-0.39, 0.29) is 30.2 Å². The van der Waals surface area contributed by atoms with Crippen molar-refractivity contribution < 1.29 is 27.6 Å². The minimum atomic E-state index is -2.99. The highest BCUT2D eigenvalue weighted by Gasteiger charge is 2.26. The average Bonchev–Trinajstić information content (AvgIpc) is 2.95. The van der Waals surface area contributed by atoms with Crippen LogP contribution < -0.4 is 19.7 Å². The van der Waals surface area contributed by atoms with Crippen molar-refractivity contribution in [1.29, 1.82) is 0 Å². The van der Waals surface area contributed by atoms with E-state index in [0.717, 1.165) is 55.6 Å². The van der Waals surface area contributed by atoms with Gasteiger partial charge in [0.15, 0.2) is 0 Å². The first kappa shape index (κ1) is 29.0. The van der Waals surface area contributed by atoms with Crippen molar-refractivity contribution >= 4 is 22.6 Å². The summed E-state index contributed by atoms with van der Waals surface area (Å²) in [5.41, 5.74) is 1.06. The molecule has 2 fully saturated rings. The zero-order chi connectivity index (χ0) is 26.8. The average molecular weight is 542 g/mol. The topological polar surface area (TPSA) is 100 Å². The standard InChI is InChI=1S/C23H31F2N5O4S.C2H6/c1-33-21-20(34-22(24)25)14-26-23(28-21)27-17-7-11-30(12-8-17)35(32)19-4-2-3-18(13-19)29-9-5-16(15-31)6-10-29;1-2/h2-4,13-14,16-17,22,31H,5-12,15H2,1H3,(H,26,27,28);1-2H3. The van der Waals surface area contributed by atoms with Crippen LogP contribution in [0.1, 0.15) is 39.5 Å². The van der Waals surface area contributed by atoms with Gasteiger partial charge in [-0.15, -0.1) is 0 Å². The Balaban J connectivity index is 0.00000186. The van der Waals surface area contributed by atoms with E-state index < -0.39 is 17.6 Å². The van der Waals surface area contributed by atoms with E-state index in [1.54, 1.807) is 0 Å². The van der Waals surface area contributed by atoms with Gasteiger partial charge in [-0.2, -0.15) is 13.8 Å². The number of aliphatic hydroxyl groups is 1. The molecule has 0 saturated carbocycles. The quantitative estimate of drug-likeness (QED) is 0.493. The smallest absolute Gasteiger partial charge is 0.387 e. The second-order valence-corrected chi connectivity index (χ2v) is 10.1. The van der Waals surface area contributed by atoms with Crippen LogP contribution in [0.3, 0.4) is 0 Å². The Kier molecular flexibility index (Phi) is 11.3. The largest absolute Gasteiger partial charge is 0.478 e. The minimum absolute atomic E-state index is 0.0500. The maximum Gasteiger partial charge on any atom is 0.387 e. The summed E-state index contributed by atoms with van der Waals surface area (Å²) in [7, 11) is 0.0553. The molecule has 12 heteroatoms. The predicted octanol–water partition coefficient (Wildman–Crippen LogP) is 3.92. The van der Waals surface area contributed by atoms with Crippen LogP contribution in [0.5, 0.6) is 11.6 Å². The summed E-state index contributed by atoms with van der Waals surface area (Å²) in [4.78, 5) is 11.2. The van der Waals surface area contributed by atoms with Crippen LogP contribution in [0.4, 0.5) is 20.4 Å². The summed E-state index contributed by atoms with van der Waals surface area (Å²) >= 11 is 0. The van der Waals surface area contributed by atoms with Crippen molar-refractivity contribution in [2.24, 2.45) is 5.92 Å². The molecule has 3 heterocycles. The number of ether oxygens (including phenoxy) is 2. The first-order valence-electron chi connectivity index (χ1n) is 12.7. The van der Waals surface area contributed by atoms with Gasteiger partial charge in [-0.25, -0.2) is 13.5 Å². The number of aliphatic hydroxyl groups excluding tert-OH is 1. The van der Waals surface area contributed by atoms with Crippen molar-refractivity contribution in [2.75, 3.05) is 50.1 Å². The zero-order valence-electron chi connectivity index (χ0n) is 21.6. The van der Waals surface area contributed by atoms with E-state index in [9.17, 15) is 18.1 Å². The van der Waals surface area contributed by atoms with Gasteiger partial charge in [0.1, 0.15) is 11.0 Å². The van der Waals surface area contributed by atoms with Crippen LogP contribution in [0, 0.1) is 5.92 Å². The van der Waals surface area contributed by atoms with Gasteiger partial charge in [-0.1, -0.05) is 19.9 Å². The number of hydrogen-bond donors (Lipinski definition) is 2. The van der Waals surface area contributed by atoms with Crippen LogP contribution in [-0.2, 0) is 11.0 Å². The lowest BCUT2D eigenvalue weighted by molar-refractivity contribution is -0.0518. The number of rotatable bonds is 9. The maximum atomic E-state index is 13.3. The molecular weight excluding hydrogens is 504 g/mol. The van der Waals surface area contributed by atoms with Gasteiger partial charge in [0.2, 0.25) is 11.7 Å². The summed E-state index contributed by atoms with van der Waals surface area (Å²) in [5, 5.41) is 12.6. The molecule has 9 nitrogen and oxygen atoms in total. The number of aromatic nitrogens is 2. The molecule has 2 aliphatic rings. The van der Waals surface area contributed by atoms with Crippen LogP contribution in [0.25, 0.3) is 0 Å². The van der Waals surface area contributed by atoms with Gasteiger partial charge >= 0.3 is 6.61 Å². The summed E-state index contributed by atoms with van der Waals surface area (Å²) < 4.78 is 49.6. The van der Waals surface area contributed by atoms with Gasteiger partial charge in [-0.05, 0) is 49.8 Å². The van der Waals surface area contributed by atoms with E-state index in [0.29, 0.717) is 19.0 Å². The van der Waals surface area contributed by atoms with Crippen LogP contribution in [0.2, 0.25) is 0 Å². The number of halogens is 2. The molecule has 0 aliphatic carbocycles. The fourth-order valence-corrected chi connectivity index (χ4v) is 5.67. The Morgan fingerprint density at radius 3 is 2.49 bits per heavy atom. The number of anilines is 2. The van der Waals surface area contributed by atoms with E-state index >= 15 is 0 Å². The molecular formula is C25H37F2N5O4S. The van der Waals surface area contributed by atoms with Gasteiger partial charge in [-0.3, -0.25) is 0 Å². The molecule has 0 bridgehead atoms. The SMILES string of the molecule is CC.COc1nc(NC2CCN(S(=O)c3cccc(N4CCC(CO)CC4)c3)CC2)ncc1OC(F)F. The molecule has 1 aromatic carbocycles. The van der Waals surface area contributed by atoms with E-state index in [1.165, 1.54) is 7.11 Å². The lowest BCUT2D eigenvalue weighted by atomic mass is 9.97. The zero-order valence-corrected chi connectivity index (χ0v) is 22.4. The van der Waals surface area contributed by atoms with Gasteiger partial charge < -0.3 is 24.8 Å². The highest BCUT2D eigenvalue weighted by Crippen LogP contribution is 2.28. The Morgan fingerprint density at radius 2 is 1.86 bits per heavy atom. The Morgan fingerprint density at radius 1 is 1.16 bits per heavy atom. The maximum absolute atomic E-state index is 13.3. The molecule has 2 N–H and O–H groups in total. The highest BCUT2D eigenvalue weighted by molar-refractivity contribution is 7.82. The normalized spacial score (nSPS) is 18.2. The first-order chi connectivity index (χ1) is 18.0. The molecule has 1 aromatic heterocycles. The first-order valence-corrected chi connectivity index (χ1v) is 13.8. The molecule has 0 amide bonds. The Labute approximate surface area is 219 Å². The summed E-state index contributed by atoms with van der Waals surface area (Å²) in [6.45, 7) is 4.28. The van der Waals surface area contributed by atoms with E-state index in [1.807, 2.05) is 42.4 Å². The van der Waals surface area contributed by atoms with Gasteiger partial charge in [0.25, 0.3) is 5.88 Å². The number of alkyl halides is 2. The lowest BCUT2D eigenvalue weighted by Crippen LogP contribution is -2.40. The number of hydrogen-bond acceptors (Lipinski definition) is 8. The number of nitrogens with zero attached hydrogens (tertiary/aromatic N) is 4. The second-order valence-electron chi connectivity index (χ2n) is 8.65. The molecule has 2 saturated heterocycles. The van der Waals surface area contributed by atoms with Gasteiger partial charge in [0, 0.05) is 44.5 Å². The number of benzene rings is 1. The van der Waals surface area contributed by atoms with Crippen LogP contribution in [0.15, 0.2) is 35.4 Å². The molecule has 0 spiro atoms. The van der Waals surface area contributed by atoms with Gasteiger partial charge in [0.05, 0.1) is 18.2 Å². The third-order valence-corrected chi connectivity index (χ3v) is 7.90. The second kappa shape index (κ2) is 14.4. The molecule has 37 heavy (non-hydrogen) atoms. The molecule has 4 rings (SSSR count). The molecule has 206 valence electrons. The monoisotopic (exact) mass is 541 g/mol. The predicted molar refractivity (Wildman–Crippen MR) is 140 cm³/mol. The lowest BCUT2D eigenvalue weighted by Gasteiger charge is -2.33. The highest BCUT2D eigenvalue weighted by atomic mass is 32.2. The molecule has 2 aromatic rings. The fraction of sp³-hybridized carbons (Fsp3) is 0.600. The minimum Gasteiger partial charge on any atom is -0.478 e. The molecule has 0 radical (unpaired) electrons. The van der Waals surface area contributed by atoms with Crippen LogP contribution in [-0.4, -0.2) is 76.1 Å². The summed E-state index contributed by atoms with van der Waals surface area (Å²) in [6.07, 6.45) is 4.52. The van der Waals surface area contributed by atoms with E-state index in [4.69, 9.17) is 4.74 Å². The van der Waals surface area contributed by atoms with Crippen molar-refractivity contribution in [3.63, 3.8) is 0 Å². The van der Waals surface area contributed by atoms with Crippen molar-refractivity contribution in [2.45, 2.75) is 57.1 Å². The van der Waals surface area contributed by atoms with E-state index in [2.05, 4.69) is 24.9 Å². The Bertz CT molecular complexity index is 1000. The fourth-order valence-electron chi connectivity index (χ4n) is 4.41. The molecule has 1 unspecified atom stereocenters. The summed E-state index contributed by atoms with van der Waals surface area (Å²) in [5.74, 6) is 0.342. The Hall–Kier alpha value is -2.57. The number of methoxy groups -OCH3 is 1. The summed E-state index contributed by atoms with van der Waals surface area (Å²) in [6, 6.07) is 7.94. The van der Waals surface area contributed by atoms with Crippen LogP contribution >= 0.6 is 0 Å². The number of piperidine rings is 2. The van der Waals surface area contributed by atoms with Crippen molar-refractivity contribution in [1.82, 2.24) is 14.3 Å². The molecule has 1 atom stereocenters. The van der Waals surface area contributed by atoms with Crippen molar-refractivity contribution in [3.05, 3.63) is 30.5 Å². The molecule has 2 aliphatic heterocycles. The third-order valence-electron chi connectivity index (χ3n) is 6.41. The van der Waals surface area contributed by atoms with Crippen molar-refractivity contribution in [3.8, 4) is 11.6 Å².